The van der Waals surface area contributed by atoms with Crippen LogP contribution in [0.1, 0.15) is 36.4 Å². The minimum Gasteiger partial charge on any atom is -0.324 e. The molecule has 0 amide bonds. The quantitative estimate of drug-likeness (QED) is 0.608. The average molecular weight is 179 g/mol. The van der Waals surface area contributed by atoms with Crippen molar-refractivity contribution in [2.75, 3.05) is 0 Å². The van der Waals surface area contributed by atoms with Gasteiger partial charge in [0.1, 0.15) is 5.82 Å². The zero-order valence-corrected chi connectivity index (χ0v) is 7.59. The van der Waals surface area contributed by atoms with Crippen molar-refractivity contribution in [2.45, 2.75) is 31.7 Å². The van der Waals surface area contributed by atoms with Crippen LogP contribution in [0.3, 0.4) is 0 Å². The second kappa shape index (κ2) is 3.46. The summed E-state index contributed by atoms with van der Waals surface area (Å²) in [5.41, 5.74) is 8.21. The fourth-order valence-electron chi connectivity index (χ4n) is 1.99. The molecular weight excluding hydrogens is 165 g/mol. The van der Waals surface area contributed by atoms with Crippen molar-refractivity contribution in [1.82, 2.24) is 0 Å². The summed E-state index contributed by atoms with van der Waals surface area (Å²) in [5, 5.41) is 0. The SMILES string of the molecule is NC1CCCCc2cc(F)ccc21. The monoisotopic (exact) mass is 179 g/mol. The molecule has 0 heterocycles. The number of aryl methyl sites for hydroxylation is 1. The van der Waals surface area contributed by atoms with Crippen molar-refractivity contribution >= 4 is 0 Å². The highest BCUT2D eigenvalue weighted by molar-refractivity contribution is 5.31. The first-order chi connectivity index (χ1) is 6.27. The maximum atomic E-state index is 12.9. The van der Waals surface area contributed by atoms with Crippen LogP contribution in [0.4, 0.5) is 4.39 Å². The Morgan fingerprint density at radius 3 is 3.00 bits per heavy atom. The summed E-state index contributed by atoms with van der Waals surface area (Å²) < 4.78 is 12.9. The van der Waals surface area contributed by atoms with E-state index >= 15 is 0 Å². The molecule has 1 aromatic rings. The molecular formula is C11H14FN. The Bertz CT molecular complexity index is 309. The van der Waals surface area contributed by atoms with E-state index in [9.17, 15) is 4.39 Å². The minimum absolute atomic E-state index is 0.109. The van der Waals surface area contributed by atoms with E-state index in [1.165, 1.54) is 6.07 Å². The van der Waals surface area contributed by atoms with Crippen molar-refractivity contribution in [2.24, 2.45) is 5.73 Å². The molecule has 0 spiro atoms. The van der Waals surface area contributed by atoms with Gasteiger partial charge < -0.3 is 5.73 Å². The fourth-order valence-corrected chi connectivity index (χ4v) is 1.99. The van der Waals surface area contributed by atoms with Crippen LogP contribution in [0, 0.1) is 5.82 Å². The molecule has 0 saturated carbocycles. The molecule has 0 aromatic heterocycles. The minimum atomic E-state index is -0.146. The van der Waals surface area contributed by atoms with Crippen LogP contribution in [0.25, 0.3) is 0 Å². The molecule has 0 aliphatic heterocycles. The summed E-state index contributed by atoms with van der Waals surface area (Å²) in [6.07, 6.45) is 4.28. The molecule has 0 saturated heterocycles. The molecule has 0 radical (unpaired) electrons. The molecule has 1 aliphatic carbocycles. The lowest BCUT2D eigenvalue weighted by Gasteiger charge is -2.11. The summed E-state index contributed by atoms with van der Waals surface area (Å²) in [6, 6.07) is 5.07. The van der Waals surface area contributed by atoms with Gasteiger partial charge >= 0.3 is 0 Å². The second-order valence-electron chi connectivity index (χ2n) is 3.70. The van der Waals surface area contributed by atoms with Crippen molar-refractivity contribution in [3.63, 3.8) is 0 Å². The smallest absolute Gasteiger partial charge is 0.123 e. The lowest BCUT2D eigenvalue weighted by atomic mass is 10.00. The molecule has 1 aliphatic rings. The predicted octanol–water partition coefficient (Wildman–Crippen LogP) is 2.55. The Kier molecular flexibility index (Phi) is 2.32. The predicted molar refractivity (Wildman–Crippen MR) is 50.9 cm³/mol. The fraction of sp³-hybridized carbons (Fsp3) is 0.455. The Balaban J connectivity index is 2.42. The highest BCUT2D eigenvalue weighted by Gasteiger charge is 2.14. The standard InChI is InChI=1S/C11H14FN/c12-9-5-6-10-8(7-9)3-1-2-4-11(10)13/h5-7,11H,1-4,13H2. The molecule has 0 fully saturated rings. The van der Waals surface area contributed by atoms with E-state index in [0.29, 0.717) is 0 Å². The van der Waals surface area contributed by atoms with Crippen molar-refractivity contribution in [3.05, 3.63) is 35.1 Å². The molecule has 1 atom stereocenters. The van der Waals surface area contributed by atoms with Gasteiger partial charge in [-0.2, -0.15) is 0 Å². The van der Waals surface area contributed by atoms with Crippen LogP contribution in [0.15, 0.2) is 18.2 Å². The highest BCUT2D eigenvalue weighted by atomic mass is 19.1. The van der Waals surface area contributed by atoms with Gasteiger partial charge in [0.2, 0.25) is 0 Å². The molecule has 70 valence electrons. The number of rotatable bonds is 0. The summed E-state index contributed by atoms with van der Waals surface area (Å²) >= 11 is 0. The van der Waals surface area contributed by atoms with Gasteiger partial charge in [-0.15, -0.1) is 0 Å². The summed E-state index contributed by atoms with van der Waals surface area (Å²) in [7, 11) is 0. The summed E-state index contributed by atoms with van der Waals surface area (Å²) in [6.45, 7) is 0. The normalized spacial score (nSPS) is 22.2. The van der Waals surface area contributed by atoms with E-state index in [-0.39, 0.29) is 11.9 Å². The first-order valence-electron chi connectivity index (χ1n) is 4.81. The average Bonchev–Trinajstić information content (AvgIpc) is 2.28. The number of fused-ring (bicyclic) bond motifs is 1. The lowest BCUT2D eigenvalue weighted by Crippen LogP contribution is -2.10. The van der Waals surface area contributed by atoms with Gasteiger partial charge in [0.05, 0.1) is 0 Å². The Morgan fingerprint density at radius 2 is 2.15 bits per heavy atom. The maximum Gasteiger partial charge on any atom is 0.123 e. The third-order valence-electron chi connectivity index (χ3n) is 2.72. The summed E-state index contributed by atoms with van der Waals surface area (Å²) in [5.74, 6) is -0.146. The topological polar surface area (TPSA) is 26.0 Å². The van der Waals surface area contributed by atoms with Gasteiger partial charge in [-0.1, -0.05) is 12.5 Å². The van der Waals surface area contributed by atoms with E-state index in [2.05, 4.69) is 0 Å². The third-order valence-corrected chi connectivity index (χ3v) is 2.72. The molecule has 2 heteroatoms. The van der Waals surface area contributed by atoms with Crippen LogP contribution in [0.5, 0.6) is 0 Å². The molecule has 1 unspecified atom stereocenters. The van der Waals surface area contributed by atoms with Crippen LogP contribution in [-0.2, 0) is 6.42 Å². The molecule has 13 heavy (non-hydrogen) atoms. The molecule has 1 aromatic carbocycles. The van der Waals surface area contributed by atoms with Crippen LogP contribution in [-0.4, -0.2) is 0 Å². The number of nitrogens with two attached hydrogens (primary N) is 1. The van der Waals surface area contributed by atoms with Crippen molar-refractivity contribution < 1.29 is 4.39 Å². The molecule has 2 N–H and O–H groups in total. The van der Waals surface area contributed by atoms with E-state index in [0.717, 1.165) is 36.8 Å². The first-order valence-corrected chi connectivity index (χ1v) is 4.81. The maximum absolute atomic E-state index is 12.9. The van der Waals surface area contributed by atoms with Gasteiger partial charge in [-0.05, 0) is 42.5 Å². The van der Waals surface area contributed by atoms with E-state index in [1.807, 2.05) is 6.07 Å². The largest absolute Gasteiger partial charge is 0.324 e. The van der Waals surface area contributed by atoms with Gasteiger partial charge in [0.15, 0.2) is 0 Å². The molecule has 1 nitrogen and oxygen atoms in total. The van der Waals surface area contributed by atoms with Gasteiger partial charge in [0, 0.05) is 6.04 Å². The Morgan fingerprint density at radius 1 is 1.31 bits per heavy atom. The highest BCUT2D eigenvalue weighted by Crippen LogP contribution is 2.27. The second-order valence-corrected chi connectivity index (χ2v) is 3.70. The van der Waals surface area contributed by atoms with E-state index < -0.39 is 0 Å². The lowest BCUT2D eigenvalue weighted by molar-refractivity contribution is 0.612. The van der Waals surface area contributed by atoms with Crippen molar-refractivity contribution in [3.8, 4) is 0 Å². The number of benzene rings is 1. The van der Waals surface area contributed by atoms with Gasteiger partial charge in [-0.25, -0.2) is 4.39 Å². The van der Waals surface area contributed by atoms with Crippen LogP contribution < -0.4 is 5.73 Å². The van der Waals surface area contributed by atoms with Gasteiger partial charge in [-0.3, -0.25) is 0 Å². The summed E-state index contributed by atoms with van der Waals surface area (Å²) in [4.78, 5) is 0. The first kappa shape index (κ1) is 8.70. The Hall–Kier alpha value is -0.890. The molecule has 2 rings (SSSR count). The number of hydrogen-bond acceptors (Lipinski definition) is 1. The number of halogens is 1. The Labute approximate surface area is 77.8 Å². The van der Waals surface area contributed by atoms with E-state index in [1.54, 1.807) is 6.07 Å². The third kappa shape index (κ3) is 1.73. The van der Waals surface area contributed by atoms with E-state index in [4.69, 9.17) is 5.73 Å². The van der Waals surface area contributed by atoms with Crippen LogP contribution in [0.2, 0.25) is 0 Å². The number of hydrogen-bond donors (Lipinski definition) is 1. The van der Waals surface area contributed by atoms with Crippen LogP contribution >= 0.6 is 0 Å². The zero-order valence-electron chi connectivity index (χ0n) is 7.59. The zero-order chi connectivity index (χ0) is 9.26. The van der Waals surface area contributed by atoms with Crippen molar-refractivity contribution in [1.29, 1.82) is 0 Å². The molecule has 0 bridgehead atoms. The van der Waals surface area contributed by atoms with Gasteiger partial charge in [0.25, 0.3) is 0 Å².